The van der Waals surface area contributed by atoms with Gasteiger partial charge in [0.05, 0.1) is 0 Å². The van der Waals surface area contributed by atoms with E-state index in [0.29, 0.717) is 11.3 Å². The van der Waals surface area contributed by atoms with Gasteiger partial charge in [0.2, 0.25) is 0 Å². The van der Waals surface area contributed by atoms with Crippen LogP contribution in [-0.4, -0.2) is 24.8 Å². The number of carbonyl (C=O) groups excluding carboxylic acids is 1. The number of nitrogens with one attached hydrogen (secondary N) is 1. The van der Waals surface area contributed by atoms with Crippen LogP contribution in [0.2, 0.25) is 0 Å². The summed E-state index contributed by atoms with van der Waals surface area (Å²) in [5.74, 6) is 3.04. The Hall–Kier alpha value is -0.770. The van der Waals surface area contributed by atoms with Crippen LogP contribution in [0.1, 0.15) is 52.9 Å². The number of amides is 1. The molecule has 0 heterocycles. The van der Waals surface area contributed by atoms with Crippen molar-refractivity contribution >= 4 is 6.09 Å². The molecule has 4 aliphatic rings. The average Bonchev–Trinajstić information content (AvgIpc) is 2.35. The molecule has 4 rings (SSSR count). The maximum absolute atomic E-state index is 11.9. The van der Waals surface area contributed by atoms with Gasteiger partial charge in [-0.05, 0) is 88.5 Å². The maximum atomic E-state index is 11.9. The third-order valence-corrected chi connectivity index (χ3v) is 5.91. The highest BCUT2D eigenvalue weighted by molar-refractivity contribution is 5.67. The molecule has 0 aromatic heterocycles. The van der Waals surface area contributed by atoms with E-state index in [1.54, 1.807) is 0 Å². The molecule has 21 heavy (non-hydrogen) atoms. The SMILES string of the molecule is CC(C)(C)OC(=O)NCC1C2CC3C[C@@H]1CC(CN)(C3)C2. The molecule has 120 valence electrons. The molecule has 5 atom stereocenters. The number of hydrogen-bond acceptors (Lipinski definition) is 3. The zero-order chi connectivity index (χ0) is 15.3. The first-order valence-electron chi connectivity index (χ1n) is 8.47. The Bertz CT molecular complexity index is 400. The van der Waals surface area contributed by atoms with Crippen molar-refractivity contribution < 1.29 is 9.53 Å². The van der Waals surface area contributed by atoms with Crippen LogP contribution in [0.5, 0.6) is 0 Å². The minimum atomic E-state index is -0.419. The van der Waals surface area contributed by atoms with E-state index in [4.69, 9.17) is 10.5 Å². The van der Waals surface area contributed by atoms with Gasteiger partial charge in [-0.1, -0.05) is 0 Å². The average molecular weight is 294 g/mol. The summed E-state index contributed by atoms with van der Waals surface area (Å²) < 4.78 is 5.35. The molecular weight excluding hydrogens is 264 g/mol. The lowest BCUT2D eigenvalue weighted by Crippen LogP contribution is -2.55. The second-order valence-electron chi connectivity index (χ2n) is 8.72. The van der Waals surface area contributed by atoms with Crippen molar-refractivity contribution in [2.45, 2.75) is 58.5 Å². The van der Waals surface area contributed by atoms with Gasteiger partial charge in [0.1, 0.15) is 5.60 Å². The van der Waals surface area contributed by atoms with Gasteiger partial charge in [-0.15, -0.1) is 0 Å². The summed E-state index contributed by atoms with van der Waals surface area (Å²) in [5, 5.41) is 3.01. The highest BCUT2D eigenvalue weighted by Gasteiger charge is 2.54. The highest BCUT2D eigenvalue weighted by atomic mass is 16.6. The third kappa shape index (κ3) is 3.05. The van der Waals surface area contributed by atoms with Crippen LogP contribution in [0, 0.1) is 29.1 Å². The van der Waals surface area contributed by atoms with Crippen LogP contribution in [0.25, 0.3) is 0 Å². The molecular formula is C17H30N2O2. The van der Waals surface area contributed by atoms with E-state index < -0.39 is 5.60 Å². The fourth-order valence-corrected chi connectivity index (χ4v) is 5.40. The Morgan fingerprint density at radius 2 is 1.86 bits per heavy atom. The molecule has 0 saturated heterocycles. The van der Waals surface area contributed by atoms with Crippen molar-refractivity contribution in [2.24, 2.45) is 34.8 Å². The van der Waals surface area contributed by atoms with E-state index in [1.165, 1.54) is 32.1 Å². The Morgan fingerprint density at radius 1 is 1.24 bits per heavy atom. The van der Waals surface area contributed by atoms with E-state index in [-0.39, 0.29) is 6.09 Å². The summed E-state index contributed by atoms with van der Waals surface area (Å²) in [5.41, 5.74) is 6.09. The molecule has 4 saturated carbocycles. The molecule has 0 aromatic carbocycles. The van der Waals surface area contributed by atoms with Crippen molar-refractivity contribution in [1.29, 1.82) is 0 Å². The quantitative estimate of drug-likeness (QED) is 0.841. The summed E-state index contributed by atoms with van der Waals surface area (Å²) in [6.45, 7) is 7.34. The number of alkyl carbamates (subject to hydrolysis) is 1. The van der Waals surface area contributed by atoms with E-state index in [1.807, 2.05) is 20.8 Å². The third-order valence-electron chi connectivity index (χ3n) is 5.91. The van der Waals surface area contributed by atoms with Gasteiger partial charge in [-0.3, -0.25) is 0 Å². The number of nitrogens with two attached hydrogens (primary N) is 1. The van der Waals surface area contributed by atoms with Gasteiger partial charge in [-0.25, -0.2) is 4.79 Å². The summed E-state index contributed by atoms with van der Waals surface area (Å²) in [4.78, 5) is 11.9. The van der Waals surface area contributed by atoms with Gasteiger partial charge >= 0.3 is 6.09 Å². The molecule has 1 amide bonds. The maximum Gasteiger partial charge on any atom is 0.407 e. The molecule has 4 fully saturated rings. The summed E-state index contributed by atoms with van der Waals surface area (Å²) in [6.07, 6.45) is 6.32. The lowest BCUT2D eigenvalue weighted by Gasteiger charge is -2.60. The fourth-order valence-electron chi connectivity index (χ4n) is 5.40. The first-order valence-corrected chi connectivity index (χ1v) is 8.47. The van der Waals surface area contributed by atoms with Crippen LogP contribution in [0.3, 0.4) is 0 Å². The molecule has 0 aliphatic heterocycles. The number of ether oxygens (including phenoxy) is 1. The molecule has 4 heteroatoms. The lowest BCUT2D eigenvalue weighted by atomic mass is 9.46. The Morgan fingerprint density at radius 3 is 2.38 bits per heavy atom. The van der Waals surface area contributed by atoms with Gasteiger partial charge in [0.15, 0.2) is 0 Å². The summed E-state index contributed by atoms with van der Waals surface area (Å²) >= 11 is 0. The molecule has 4 nitrogen and oxygen atoms in total. The smallest absolute Gasteiger partial charge is 0.407 e. The van der Waals surface area contributed by atoms with Crippen LogP contribution >= 0.6 is 0 Å². The van der Waals surface area contributed by atoms with E-state index in [9.17, 15) is 4.79 Å². The van der Waals surface area contributed by atoms with Crippen molar-refractivity contribution in [3.63, 3.8) is 0 Å². The Labute approximate surface area is 128 Å². The molecule has 3 N–H and O–H groups in total. The van der Waals surface area contributed by atoms with Crippen LogP contribution in [0.4, 0.5) is 4.79 Å². The Balaban J connectivity index is 1.57. The monoisotopic (exact) mass is 294 g/mol. The normalized spacial score (nSPS) is 41.1. The lowest BCUT2D eigenvalue weighted by molar-refractivity contribution is -0.0892. The largest absolute Gasteiger partial charge is 0.444 e. The minimum absolute atomic E-state index is 0.273. The summed E-state index contributed by atoms with van der Waals surface area (Å²) in [6, 6.07) is 0. The first-order chi connectivity index (χ1) is 9.80. The predicted molar refractivity (Wildman–Crippen MR) is 82.8 cm³/mol. The van der Waals surface area contributed by atoms with E-state index >= 15 is 0 Å². The van der Waals surface area contributed by atoms with E-state index in [2.05, 4.69) is 5.32 Å². The number of rotatable bonds is 3. The van der Waals surface area contributed by atoms with Gasteiger partial charge in [-0.2, -0.15) is 0 Å². The van der Waals surface area contributed by atoms with Crippen LogP contribution in [-0.2, 0) is 4.74 Å². The van der Waals surface area contributed by atoms with Crippen molar-refractivity contribution in [1.82, 2.24) is 5.32 Å². The van der Waals surface area contributed by atoms with Crippen molar-refractivity contribution in [2.75, 3.05) is 13.1 Å². The molecule has 4 bridgehead atoms. The Kier molecular flexibility index (Phi) is 3.71. The highest BCUT2D eigenvalue weighted by Crippen LogP contribution is 2.61. The topological polar surface area (TPSA) is 64.3 Å². The van der Waals surface area contributed by atoms with Crippen molar-refractivity contribution in [3.05, 3.63) is 0 Å². The van der Waals surface area contributed by atoms with Crippen molar-refractivity contribution in [3.8, 4) is 0 Å². The van der Waals surface area contributed by atoms with Crippen LogP contribution in [0.15, 0.2) is 0 Å². The molecule has 0 spiro atoms. The standard InChI is InChI=1S/C17H30N2O2/c1-16(2,3)21-15(20)19-9-14-12-4-11-5-13(14)8-17(6-11,7-12)10-18/h11-14H,4-10,18H2,1-3H3,(H,19,20)/t11?,12-,13?,14?,17?/m1/s1. The first kappa shape index (κ1) is 15.1. The summed E-state index contributed by atoms with van der Waals surface area (Å²) in [7, 11) is 0. The second-order valence-corrected chi connectivity index (χ2v) is 8.72. The predicted octanol–water partition coefficient (Wildman–Crippen LogP) is 2.91. The zero-order valence-corrected chi connectivity index (χ0v) is 13.7. The fraction of sp³-hybridized carbons (Fsp3) is 0.941. The molecule has 0 aromatic rings. The van der Waals surface area contributed by atoms with E-state index in [0.717, 1.165) is 30.8 Å². The minimum Gasteiger partial charge on any atom is -0.444 e. The van der Waals surface area contributed by atoms with Crippen LogP contribution < -0.4 is 11.1 Å². The second kappa shape index (κ2) is 5.15. The molecule has 0 radical (unpaired) electrons. The number of hydrogen-bond donors (Lipinski definition) is 2. The number of carbonyl (C=O) groups is 1. The molecule has 4 aliphatic carbocycles. The van der Waals surface area contributed by atoms with Gasteiger partial charge < -0.3 is 15.8 Å². The zero-order valence-electron chi connectivity index (χ0n) is 13.7. The van der Waals surface area contributed by atoms with Gasteiger partial charge in [0, 0.05) is 6.54 Å². The molecule has 4 unspecified atom stereocenters. The van der Waals surface area contributed by atoms with Gasteiger partial charge in [0.25, 0.3) is 0 Å².